The largest absolute Gasteiger partial charge is 0.333 e. The summed E-state index contributed by atoms with van der Waals surface area (Å²) in [6, 6.07) is 11.8. The number of nitrogens with two attached hydrogens (primary N) is 1. The van der Waals surface area contributed by atoms with Gasteiger partial charge >= 0.3 is 0 Å². The number of hydrogen-bond acceptors (Lipinski definition) is 3. The molecule has 1 aromatic heterocycles. The monoisotopic (exact) mass is 272 g/mol. The fourth-order valence-corrected chi connectivity index (χ4v) is 3.22. The van der Waals surface area contributed by atoms with Gasteiger partial charge in [-0.2, -0.15) is 0 Å². The van der Waals surface area contributed by atoms with Crippen molar-refractivity contribution in [1.29, 1.82) is 0 Å². The van der Waals surface area contributed by atoms with E-state index in [1.165, 1.54) is 11.1 Å². The van der Waals surface area contributed by atoms with Gasteiger partial charge in [0, 0.05) is 24.4 Å². The van der Waals surface area contributed by atoms with Gasteiger partial charge in [0.05, 0.1) is 6.04 Å². The van der Waals surface area contributed by atoms with Gasteiger partial charge in [-0.25, -0.2) is 0 Å². The van der Waals surface area contributed by atoms with Crippen molar-refractivity contribution < 1.29 is 4.79 Å². The average Bonchev–Trinajstić information content (AvgIpc) is 3.05. The minimum Gasteiger partial charge on any atom is -0.333 e. The second-order valence-corrected chi connectivity index (χ2v) is 5.89. The minimum atomic E-state index is -0.437. The van der Waals surface area contributed by atoms with Crippen LogP contribution in [0, 0.1) is 0 Å². The Bertz CT molecular complexity index is 555. The molecule has 2 aromatic rings. The molecule has 0 unspecified atom stereocenters. The highest BCUT2D eigenvalue weighted by Crippen LogP contribution is 2.23. The maximum absolute atomic E-state index is 12.3. The predicted octanol–water partition coefficient (Wildman–Crippen LogP) is 2.16. The fourth-order valence-electron chi connectivity index (χ4n) is 2.46. The number of thiophene rings is 1. The van der Waals surface area contributed by atoms with Crippen LogP contribution in [0.1, 0.15) is 16.0 Å². The molecule has 2 heterocycles. The van der Waals surface area contributed by atoms with Crippen LogP contribution in [-0.2, 0) is 24.3 Å². The van der Waals surface area contributed by atoms with E-state index in [9.17, 15) is 4.79 Å². The van der Waals surface area contributed by atoms with Crippen molar-refractivity contribution in [3.05, 3.63) is 57.8 Å². The molecule has 0 spiro atoms. The standard InChI is InChI=1S/C15H16N2OS/c16-14(8-13-6-3-7-19-13)15(18)17-9-11-4-1-2-5-12(11)10-17/h1-7,14H,8-10,16H2/t14-/m1/s1. The summed E-state index contributed by atoms with van der Waals surface area (Å²) in [5.74, 6) is 0.0459. The summed E-state index contributed by atoms with van der Waals surface area (Å²) in [7, 11) is 0. The van der Waals surface area contributed by atoms with Crippen molar-refractivity contribution >= 4 is 17.2 Å². The van der Waals surface area contributed by atoms with Crippen LogP contribution >= 0.6 is 11.3 Å². The Balaban J connectivity index is 1.66. The van der Waals surface area contributed by atoms with Crippen LogP contribution < -0.4 is 5.73 Å². The van der Waals surface area contributed by atoms with Gasteiger partial charge in [0.2, 0.25) is 5.91 Å². The van der Waals surface area contributed by atoms with E-state index in [4.69, 9.17) is 5.73 Å². The van der Waals surface area contributed by atoms with Gasteiger partial charge < -0.3 is 10.6 Å². The molecule has 3 nitrogen and oxygen atoms in total. The number of nitrogens with zero attached hydrogens (tertiary/aromatic N) is 1. The number of hydrogen-bond donors (Lipinski definition) is 1. The van der Waals surface area contributed by atoms with Crippen molar-refractivity contribution in [2.75, 3.05) is 0 Å². The Kier molecular flexibility index (Phi) is 3.36. The van der Waals surface area contributed by atoms with E-state index in [-0.39, 0.29) is 5.91 Å². The zero-order valence-corrected chi connectivity index (χ0v) is 11.4. The number of benzene rings is 1. The number of carbonyl (C=O) groups excluding carboxylic acids is 1. The lowest BCUT2D eigenvalue weighted by atomic mass is 10.1. The van der Waals surface area contributed by atoms with Crippen molar-refractivity contribution in [1.82, 2.24) is 4.90 Å². The molecule has 0 aliphatic carbocycles. The van der Waals surface area contributed by atoms with Crippen molar-refractivity contribution in [3.8, 4) is 0 Å². The number of rotatable bonds is 3. The van der Waals surface area contributed by atoms with E-state index in [0.29, 0.717) is 19.5 Å². The summed E-state index contributed by atoms with van der Waals surface area (Å²) < 4.78 is 0. The maximum atomic E-state index is 12.3. The molecular formula is C15H16N2OS. The minimum absolute atomic E-state index is 0.0459. The Morgan fingerprint density at radius 2 is 1.89 bits per heavy atom. The Hall–Kier alpha value is -1.65. The molecule has 0 saturated heterocycles. The lowest BCUT2D eigenvalue weighted by molar-refractivity contribution is -0.133. The Morgan fingerprint density at radius 1 is 1.21 bits per heavy atom. The van der Waals surface area contributed by atoms with Crippen molar-refractivity contribution in [2.24, 2.45) is 5.73 Å². The summed E-state index contributed by atoms with van der Waals surface area (Å²) in [6.45, 7) is 1.38. The average molecular weight is 272 g/mol. The molecule has 3 rings (SSSR count). The number of amides is 1. The summed E-state index contributed by atoms with van der Waals surface area (Å²) in [4.78, 5) is 15.4. The molecule has 1 atom stereocenters. The third-order valence-electron chi connectivity index (χ3n) is 3.47. The zero-order valence-electron chi connectivity index (χ0n) is 10.6. The Morgan fingerprint density at radius 3 is 2.47 bits per heavy atom. The summed E-state index contributed by atoms with van der Waals surface area (Å²) in [5, 5.41) is 2.01. The van der Waals surface area contributed by atoms with E-state index < -0.39 is 6.04 Å². The molecule has 1 aliphatic rings. The molecule has 1 aliphatic heterocycles. The van der Waals surface area contributed by atoms with E-state index in [1.54, 1.807) is 11.3 Å². The second kappa shape index (κ2) is 5.15. The van der Waals surface area contributed by atoms with Crippen molar-refractivity contribution in [3.63, 3.8) is 0 Å². The van der Waals surface area contributed by atoms with Crippen LogP contribution in [0.15, 0.2) is 41.8 Å². The highest BCUT2D eigenvalue weighted by molar-refractivity contribution is 7.09. The molecule has 0 radical (unpaired) electrons. The zero-order chi connectivity index (χ0) is 13.2. The normalized spacial score (nSPS) is 15.3. The molecule has 1 aromatic carbocycles. The van der Waals surface area contributed by atoms with Crippen LogP contribution in [0.4, 0.5) is 0 Å². The molecule has 0 fully saturated rings. The third kappa shape index (κ3) is 2.55. The van der Waals surface area contributed by atoms with Crippen LogP contribution in [0.2, 0.25) is 0 Å². The predicted molar refractivity (Wildman–Crippen MR) is 76.7 cm³/mol. The number of carbonyl (C=O) groups is 1. The smallest absolute Gasteiger partial charge is 0.240 e. The molecule has 1 amide bonds. The quantitative estimate of drug-likeness (QED) is 0.930. The molecular weight excluding hydrogens is 256 g/mol. The highest BCUT2D eigenvalue weighted by Gasteiger charge is 2.26. The molecule has 0 saturated carbocycles. The van der Waals surface area contributed by atoms with Gasteiger partial charge in [-0.1, -0.05) is 30.3 Å². The molecule has 98 valence electrons. The molecule has 4 heteroatoms. The third-order valence-corrected chi connectivity index (χ3v) is 4.37. The second-order valence-electron chi connectivity index (χ2n) is 4.85. The van der Waals surface area contributed by atoms with Crippen molar-refractivity contribution in [2.45, 2.75) is 25.6 Å². The van der Waals surface area contributed by atoms with Crippen LogP contribution in [0.5, 0.6) is 0 Å². The maximum Gasteiger partial charge on any atom is 0.240 e. The van der Waals surface area contributed by atoms with Crippen LogP contribution in [-0.4, -0.2) is 16.8 Å². The first-order chi connectivity index (χ1) is 9.24. The van der Waals surface area contributed by atoms with E-state index >= 15 is 0 Å². The molecule has 2 N–H and O–H groups in total. The van der Waals surface area contributed by atoms with Gasteiger partial charge in [0.25, 0.3) is 0 Å². The lowest BCUT2D eigenvalue weighted by Gasteiger charge is -2.19. The first kappa shape index (κ1) is 12.4. The molecule has 0 bridgehead atoms. The van der Waals surface area contributed by atoms with Gasteiger partial charge in [-0.15, -0.1) is 11.3 Å². The van der Waals surface area contributed by atoms with Crippen LogP contribution in [0.25, 0.3) is 0 Å². The van der Waals surface area contributed by atoms with Crippen LogP contribution in [0.3, 0.4) is 0 Å². The summed E-state index contributed by atoms with van der Waals surface area (Å²) in [6.07, 6.45) is 0.628. The SMILES string of the molecule is N[C@H](Cc1cccs1)C(=O)N1Cc2ccccc2C1. The lowest BCUT2D eigenvalue weighted by Crippen LogP contribution is -2.42. The van der Waals surface area contributed by atoms with E-state index in [0.717, 1.165) is 4.88 Å². The first-order valence-electron chi connectivity index (χ1n) is 6.37. The van der Waals surface area contributed by atoms with Gasteiger partial charge in [-0.3, -0.25) is 4.79 Å². The fraction of sp³-hybridized carbons (Fsp3) is 0.267. The van der Waals surface area contributed by atoms with E-state index in [2.05, 4.69) is 12.1 Å². The topological polar surface area (TPSA) is 46.3 Å². The molecule has 19 heavy (non-hydrogen) atoms. The summed E-state index contributed by atoms with van der Waals surface area (Å²) >= 11 is 1.65. The highest BCUT2D eigenvalue weighted by atomic mass is 32.1. The van der Waals surface area contributed by atoms with E-state index in [1.807, 2.05) is 34.5 Å². The van der Waals surface area contributed by atoms with Gasteiger partial charge in [0.15, 0.2) is 0 Å². The van der Waals surface area contributed by atoms with Gasteiger partial charge in [0.1, 0.15) is 0 Å². The number of fused-ring (bicyclic) bond motifs is 1. The first-order valence-corrected chi connectivity index (χ1v) is 7.25. The Labute approximate surface area is 116 Å². The summed E-state index contributed by atoms with van der Waals surface area (Å²) in [5.41, 5.74) is 8.51. The van der Waals surface area contributed by atoms with Gasteiger partial charge in [-0.05, 0) is 22.6 Å².